The molecule has 0 amide bonds. The summed E-state index contributed by atoms with van der Waals surface area (Å²) in [5.74, 6) is 0.754. The number of nitrogens with two attached hydrogens (primary N) is 1. The molecule has 1 aliphatic carbocycles. The van der Waals surface area contributed by atoms with Crippen LogP contribution in [-0.4, -0.2) is 37.5 Å². The second-order valence-electron chi connectivity index (χ2n) is 6.74. The second kappa shape index (κ2) is 6.79. The molecule has 0 aromatic heterocycles. The van der Waals surface area contributed by atoms with Crippen molar-refractivity contribution in [2.45, 2.75) is 68.5 Å². The normalized spacial score (nSPS) is 27.2. The first-order valence-electron chi connectivity index (χ1n) is 8.51. The number of hydrogen-bond acceptors (Lipinski definition) is 4. The van der Waals surface area contributed by atoms with E-state index in [1.165, 1.54) is 12.8 Å². The fourth-order valence-corrected chi connectivity index (χ4v) is 5.22. The zero-order chi connectivity index (χ0) is 16.4. The summed E-state index contributed by atoms with van der Waals surface area (Å²) in [5, 5.41) is 0. The maximum atomic E-state index is 12.8. The number of ether oxygens (including phenoxy) is 1. The summed E-state index contributed by atoms with van der Waals surface area (Å²) in [7, 11) is -3.46. The molecule has 0 spiro atoms. The Labute approximate surface area is 138 Å². The average Bonchev–Trinajstić information content (AvgIpc) is 3.00. The van der Waals surface area contributed by atoms with E-state index in [0.717, 1.165) is 18.6 Å². The van der Waals surface area contributed by atoms with E-state index in [2.05, 4.69) is 0 Å². The van der Waals surface area contributed by atoms with Gasteiger partial charge in [0, 0.05) is 18.6 Å². The van der Waals surface area contributed by atoms with E-state index in [1.54, 1.807) is 28.6 Å². The van der Waals surface area contributed by atoms with Crippen LogP contribution in [0.15, 0.2) is 29.2 Å². The molecule has 6 heteroatoms. The van der Waals surface area contributed by atoms with Crippen molar-refractivity contribution >= 4 is 10.0 Å². The van der Waals surface area contributed by atoms with E-state index >= 15 is 0 Å². The van der Waals surface area contributed by atoms with Crippen LogP contribution in [0.3, 0.4) is 0 Å². The van der Waals surface area contributed by atoms with Crippen molar-refractivity contribution in [3.05, 3.63) is 24.3 Å². The van der Waals surface area contributed by atoms with Crippen LogP contribution in [0.4, 0.5) is 0 Å². The number of rotatable bonds is 4. The maximum absolute atomic E-state index is 12.8. The quantitative estimate of drug-likeness (QED) is 0.915. The first kappa shape index (κ1) is 16.7. The van der Waals surface area contributed by atoms with E-state index in [1.807, 2.05) is 6.92 Å². The predicted molar refractivity (Wildman–Crippen MR) is 89.9 cm³/mol. The number of sulfonamides is 1. The van der Waals surface area contributed by atoms with Crippen LogP contribution in [0, 0.1) is 0 Å². The maximum Gasteiger partial charge on any atom is 0.243 e. The summed E-state index contributed by atoms with van der Waals surface area (Å²) >= 11 is 0. The summed E-state index contributed by atoms with van der Waals surface area (Å²) in [5.41, 5.74) is 5.93. The molecule has 2 aliphatic rings. The third kappa shape index (κ3) is 3.70. The van der Waals surface area contributed by atoms with Gasteiger partial charge in [-0.1, -0.05) is 0 Å². The molecular formula is C17H26N2O3S. The molecule has 3 rings (SSSR count). The van der Waals surface area contributed by atoms with E-state index in [9.17, 15) is 8.42 Å². The lowest BCUT2D eigenvalue weighted by Crippen LogP contribution is -2.48. The van der Waals surface area contributed by atoms with Crippen molar-refractivity contribution < 1.29 is 13.2 Å². The topological polar surface area (TPSA) is 72.6 Å². The van der Waals surface area contributed by atoms with Gasteiger partial charge in [0.2, 0.25) is 10.0 Å². The smallest absolute Gasteiger partial charge is 0.243 e. The minimum atomic E-state index is -3.46. The van der Waals surface area contributed by atoms with Crippen molar-refractivity contribution in [1.82, 2.24) is 4.31 Å². The van der Waals surface area contributed by atoms with Gasteiger partial charge in [0.25, 0.3) is 0 Å². The van der Waals surface area contributed by atoms with Gasteiger partial charge < -0.3 is 10.5 Å². The molecule has 1 heterocycles. The molecule has 1 saturated heterocycles. The van der Waals surface area contributed by atoms with Crippen LogP contribution in [-0.2, 0) is 10.0 Å². The summed E-state index contributed by atoms with van der Waals surface area (Å²) in [6.45, 7) is 2.42. The number of benzene rings is 1. The highest BCUT2D eigenvalue weighted by Crippen LogP contribution is 2.28. The molecule has 0 radical (unpaired) electrons. The van der Waals surface area contributed by atoms with Crippen LogP contribution in [0.25, 0.3) is 0 Å². The summed E-state index contributed by atoms with van der Waals surface area (Å²) in [6, 6.07) is 6.88. The van der Waals surface area contributed by atoms with Gasteiger partial charge in [-0.3, -0.25) is 0 Å². The Kier molecular flexibility index (Phi) is 4.94. The van der Waals surface area contributed by atoms with Gasteiger partial charge >= 0.3 is 0 Å². The lowest BCUT2D eigenvalue weighted by molar-refractivity contribution is 0.210. The van der Waals surface area contributed by atoms with Gasteiger partial charge in [0.15, 0.2) is 0 Å². The fraction of sp³-hybridized carbons (Fsp3) is 0.647. The lowest BCUT2D eigenvalue weighted by Gasteiger charge is -2.35. The molecule has 2 atom stereocenters. The van der Waals surface area contributed by atoms with Crippen LogP contribution in [0.1, 0.15) is 45.4 Å². The van der Waals surface area contributed by atoms with Gasteiger partial charge in [-0.25, -0.2) is 8.42 Å². The van der Waals surface area contributed by atoms with Crippen LogP contribution in [0.2, 0.25) is 0 Å². The molecule has 23 heavy (non-hydrogen) atoms. The Bertz CT molecular complexity index is 624. The molecule has 1 aromatic rings. The molecule has 0 bridgehead atoms. The van der Waals surface area contributed by atoms with Crippen molar-refractivity contribution in [3.8, 4) is 5.75 Å². The monoisotopic (exact) mass is 338 g/mol. The Morgan fingerprint density at radius 2 is 1.78 bits per heavy atom. The first-order valence-corrected chi connectivity index (χ1v) is 9.95. The highest BCUT2D eigenvalue weighted by molar-refractivity contribution is 7.89. The first-order chi connectivity index (χ1) is 11.0. The van der Waals surface area contributed by atoms with Crippen LogP contribution in [0.5, 0.6) is 5.75 Å². The Hall–Kier alpha value is -1.11. The zero-order valence-electron chi connectivity index (χ0n) is 13.6. The molecule has 2 fully saturated rings. The molecule has 128 valence electrons. The van der Waals surface area contributed by atoms with Gasteiger partial charge in [0.1, 0.15) is 5.75 Å². The van der Waals surface area contributed by atoms with E-state index in [-0.39, 0.29) is 18.2 Å². The van der Waals surface area contributed by atoms with E-state index < -0.39 is 10.0 Å². The van der Waals surface area contributed by atoms with Crippen molar-refractivity contribution in [3.63, 3.8) is 0 Å². The largest absolute Gasteiger partial charge is 0.490 e. The lowest BCUT2D eigenvalue weighted by atomic mass is 10.0. The highest BCUT2D eigenvalue weighted by atomic mass is 32.2. The molecular weight excluding hydrogens is 312 g/mol. The molecule has 0 unspecified atom stereocenters. The second-order valence-corrected chi connectivity index (χ2v) is 8.64. The minimum absolute atomic E-state index is 0.0573. The van der Waals surface area contributed by atoms with Gasteiger partial charge in [-0.05, 0) is 69.7 Å². The van der Waals surface area contributed by atoms with Gasteiger partial charge in [-0.15, -0.1) is 0 Å². The zero-order valence-corrected chi connectivity index (χ0v) is 14.5. The predicted octanol–water partition coefficient (Wildman–Crippen LogP) is 2.51. The average molecular weight is 338 g/mol. The van der Waals surface area contributed by atoms with Crippen molar-refractivity contribution in [2.75, 3.05) is 6.54 Å². The van der Waals surface area contributed by atoms with Gasteiger partial charge in [0.05, 0.1) is 11.0 Å². The molecule has 2 N–H and O–H groups in total. The highest BCUT2D eigenvalue weighted by Gasteiger charge is 2.33. The van der Waals surface area contributed by atoms with E-state index in [0.29, 0.717) is 24.3 Å². The number of piperidine rings is 1. The van der Waals surface area contributed by atoms with Crippen LogP contribution >= 0.6 is 0 Å². The molecule has 5 nitrogen and oxygen atoms in total. The third-order valence-corrected chi connectivity index (χ3v) is 6.92. The molecule has 1 aliphatic heterocycles. The third-order valence-electron chi connectivity index (χ3n) is 4.89. The van der Waals surface area contributed by atoms with E-state index in [4.69, 9.17) is 10.5 Å². The summed E-state index contributed by atoms with van der Waals surface area (Å²) in [4.78, 5) is 0.332. The number of hydrogen-bond donors (Lipinski definition) is 1. The number of nitrogens with zero attached hydrogens (tertiary/aromatic N) is 1. The molecule has 1 saturated carbocycles. The fourth-order valence-electron chi connectivity index (χ4n) is 3.57. The summed E-state index contributed by atoms with van der Waals surface area (Å²) < 4.78 is 33.1. The Balaban J connectivity index is 1.72. The SMILES string of the molecule is C[C@@H]1C[C@@H](N)CCN1S(=O)(=O)c1ccc(OC2CCCC2)cc1. The Morgan fingerprint density at radius 1 is 1.13 bits per heavy atom. The Morgan fingerprint density at radius 3 is 2.39 bits per heavy atom. The van der Waals surface area contributed by atoms with Crippen molar-refractivity contribution in [2.24, 2.45) is 5.73 Å². The van der Waals surface area contributed by atoms with Gasteiger partial charge in [-0.2, -0.15) is 4.31 Å². The van der Waals surface area contributed by atoms with Crippen LogP contribution < -0.4 is 10.5 Å². The summed E-state index contributed by atoms with van der Waals surface area (Å²) in [6.07, 6.45) is 6.31. The van der Waals surface area contributed by atoms with Crippen molar-refractivity contribution in [1.29, 1.82) is 0 Å². The minimum Gasteiger partial charge on any atom is -0.490 e. The standard InChI is InChI=1S/C17H26N2O3S/c1-13-12-14(18)10-11-19(13)23(20,21)17-8-6-16(7-9-17)22-15-4-2-3-5-15/h6-9,13-15H,2-5,10-12,18H2,1H3/t13-,14+/m1/s1. The molecule has 1 aromatic carbocycles.